The Bertz CT molecular complexity index is 695. The van der Waals surface area contributed by atoms with E-state index in [-0.39, 0.29) is 47.2 Å². The Labute approximate surface area is 158 Å². The van der Waals surface area contributed by atoms with E-state index in [0.717, 1.165) is 12.1 Å². The van der Waals surface area contributed by atoms with Crippen molar-refractivity contribution in [1.29, 1.82) is 0 Å². The molecule has 0 unspecified atom stereocenters. The lowest BCUT2D eigenvalue weighted by molar-refractivity contribution is -0.126. The van der Waals surface area contributed by atoms with Crippen molar-refractivity contribution in [2.75, 3.05) is 33.2 Å². The number of nitrogens with zero attached hydrogens (tertiary/aromatic N) is 1. The number of likely N-dealkylation sites (N-methyl/N-ethyl adjacent to an activating group) is 1. The molecule has 0 saturated carbocycles. The minimum atomic E-state index is -3.73. The van der Waals surface area contributed by atoms with E-state index in [9.17, 15) is 17.6 Å². The third kappa shape index (κ3) is 5.52. The third-order valence-corrected chi connectivity index (χ3v) is 6.21. The molecule has 2 N–H and O–H groups in total. The van der Waals surface area contributed by atoms with Crippen molar-refractivity contribution in [2.45, 2.75) is 17.7 Å². The van der Waals surface area contributed by atoms with Gasteiger partial charge in [0.25, 0.3) is 0 Å². The number of halogens is 3. The highest BCUT2D eigenvalue weighted by atomic mass is 35.5. The van der Waals surface area contributed by atoms with Crippen molar-refractivity contribution in [3.8, 4) is 0 Å². The van der Waals surface area contributed by atoms with E-state index in [1.165, 1.54) is 10.4 Å². The van der Waals surface area contributed by atoms with Gasteiger partial charge in [-0.25, -0.2) is 12.8 Å². The Hall–Kier alpha value is -0.930. The van der Waals surface area contributed by atoms with E-state index in [1.807, 2.05) is 0 Å². The van der Waals surface area contributed by atoms with Gasteiger partial charge in [0.1, 0.15) is 5.82 Å². The van der Waals surface area contributed by atoms with Crippen LogP contribution in [0, 0.1) is 11.7 Å². The Balaban J connectivity index is 0.00000312. The number of benzene rings is 1. The standard InChI is InChI=1S/C15H21ClFN3O3S.ClH/c1-18-6-7-19-15(21)11-4-8-20(9-5-11)24(22,23)12-2-3-14(17)13(16)10-12;/h2-3,10-11,18H,4-9H2,1H3,(H,19,21);1H. The van der Waals surface area contributed by atoms with Gasteiger partial charge in [-0.3, -0.25) is 4.79 Å². The lowest BCUT2D eigenvalue weighted by atomic mass is 9.97. The topological polar surface area (TPSA) is 78.5 Å². The van der Waals surface area contributed by atoms with Crippen molar-refractivity contribution in [1.82, 2.24) is 14.9 Å². The van der Waals surface area contributed by atoms with Gasteiger partial charge in [0.2, 0.25) is 15.9 Å². The first-order chi connectivity index (χ1) is 11.4. The normalized spacial score (nSPS) is 16.3. The zero-order chi connectivity index (χ0) is 17.7. The van der Waals surface area contributed by atoms with Gasteiger partial charge >= 0.3 is 0 Å². The molecule has 0 aromatic heterocycles. The Morgan fingerprint density at radius 1 is 1.32 bits per heavy atom. The number of carbonyl (C=O) groups is 1. The predicted molar refractivity (Wildman–Crippen MR) is 97.1 cm³/mol. The average molecular weight is 414 g/mol. The maximum absolute atomic E-state index is 13.2. The average Bonchev–Trinajstić information content (AvgIpc) is 2.57. The van der Waals surface area contributed by atoms with Crippen molar-refractivity contribution in [3.05, 3.63) is 29.0 Å². The fourth-order valence-corrected chi connectivity index (χ4v) is 4.34. The van der Waals surface area contributed by atoms with Crippen LogP contribution in [0.5, 0.6) is 0 Å². The number of hydrogen-bond acceptors (Lipinski definition) is 4. The van der Waals surface area contributed by atoms with Crippen molar-refractivity contribution in [2.24, 2.45) is 5.92 Å². The van der Waals surface area contributed by atoms with Gasteiger partial charge in [0, 0.05) is 32.1 Å². The second kappa shape index (κ2) is 9.68. The highest BCUT2D eigenvalue weighted by Crippen LogP contribution is 2.26. The molecule has 1 aliphatic rings. The molecule has 1 aliphatic heterocycles. The fourth-order valence-electron chi connectivity index (χ4n) is 2.60. The van der Waals surface area contributed by atoms with Gasteiger partial charge in [0.15, 0.2) is 0 Å². The minimum absolute atomic E-state index is 0. The number of rotatable bonds is 6. The van der Waals surface area contributed by atoms with Crippen LogP contribution >= 0.6 is 24.0 Å². The molecule has 10 heteroatoms. The molecule has 0 radical (unpaired) electrons. The predicted octanol–water partition coefficient (Wildman–Crippen LogP) is 1.64. The summed E-state index contributed by atoms with van der Waals surface area (Å²) in [7, 11) is -1.93. The zero-order valence-electron chi connectivity index (χ0n) is 13.8. The largest absolute Gasteiger partial charge is 0.355 e. The summed E-state index contributed by atoms with van der Waals surface area (Å²) in [6.45, 7) is 1.73. The quantitative estimate of drug-likeness (QED) is 0.694. The molecule has 1 heterocycles. The van der Waals surface area contributed by atoms with Crippen LogP contribution in [0.2, 0.25) is 5.02 Å². The fraction of sp³-hybridized carbons (Fsp3) is 0.533. The van der Waals surface area contributed by atoms with Crippen LogP contribution in [-0.4, -0.2) is 51.9 Å². The van der Waals surface area contributed by atoms with E-state index in [4.69, 9.17) is 11.6 Å². The first kappa shape index (κ1) is 22.1. The summed E-state index contributed by atoms with van der Waals surface area (Å²) in [4.78, 5) is 12.0. The molecule has 6 nitrogen and oxygen atoms in total. The molecule has 1 aromatic rings. The smallest absolute Gasteiger partial charge is 0.243 e. The third-order valence-electron chi connectivity index (χ3n) is 4.03. The number of hydrogen-bond donors (Lipinski definition) is 2. The molecule has 0 aliphatic carbocycles. The molecular weight excluding hydrogens is 392 g/mol. The number of carbonyl (C=O) groups excluding carboxylic acids is 1. The molecule has 1 fully saturated rings. The summed E-state index contributed by atoms with van der Waals surface area (Å²) >= 11 is 5.67. The van der Waals surface area contributed by atoms with Gasteiger partial charge < -0.3 is 10.6 Å². The summed E-state index contributed by atoms with van der Waals surface area (Å²) in [5.74, 6) is -0.898. The van der Waals surface area contributed by atoms with E-state index >= 15 is 0 Å². The van der Waals surface area contributed by atoms with Gasteiger partial charge in [-0.05, 0) is 38.1 Å². The molecule has 1 aromatic carbocycles. The molecule has 142 valence electrons. The van der Waals surface area contributed by atoms with Crippen LogP contribution in [0.15, 0.2) is 23.1 Å². The van der Waals surface area contributed by atoms with Gasteiger partial charge in [-0.1, -0.05) is 11.6 Å². The molecule has 1 amide bonds. The van der Waals surface area contributed by atoms with Crippen LogP contribution in [0.25, 0.3) is 0 Å². The maximum atomic E-state index is 13.2. The second-order valence-corrected chi connectivity index (χ2v) is 7.99. The monoisotopic (exact) mass is 413 g/mol. The Kier molecular flexibility index (Phi) is 8.56. The Morgan fingerprint density at radius 2 is 1.96 bits per heavy atom. The van der Waals surface area contributed by atoms with E-state index < -0.39 is 15.8 Å². The molecule has 2 rings (SSSR count). The van der Waals surface area contributed by atoms with Crippen LogP contribution in [-0.2, 0) is 14.8 Å². The van der Waals surface area contributed by atoms with Crippen molar-refractivity contribution in [3.63, 3.8) is 0 Å². The van der Waals surface area contributed by atoms with Crippen molar-refractivity contribution < 1.29 is 17.6 Å². The summed E-state index contributed by atoms with van der Waals surface area (Å²) in [6, 6.07) is 3.35. The van der Waals surface area contributed by atoms with Crippen LogP contribution < -0.4 is 10.6 Å². The molecule has 1 saturated heterocycles. The van der Waals surface area contributed by atoms with Crippen LogP contribution in [0.3, 0.4) is 0 Å². The number of piperidine rings is 1. The SMILES string of the molecule is CNCCNC(=O)C1CCN(S(=O)(=O)c2ccc(F)c(Cl)c2)CC1.Cl. The lowest BCUT2D eigenvalue weighted by Gasteiger charge is -2.30. The van der Waals surface area contributed by atoms with Gasteiger partial charge in [-0.2, -0.15) is 4.31 Å². The first-order valence-electron chi connectivity index (χ1n) is 7.73. The molecule has 0 spiro atoms. The molecular formula is C15H22Cl2FN3O3S. The highest BCUT2D eigenvalue weighted by Gasteiger charge is 2.32. The summed E-state index contributed by atoms with van der Waals surface area (Å²) in [5.41, 5.74) is 0. The van der Waals surface area contributed by atoms with E-state index in [1.54, 1.807) is 7.05 Å². The second-order valence-electron chi connectivity index (χ2n) is 5.65. The summed E-state index contributed by atoms with van der Waals surface area (Å²) in [6.07, 6.45) is 0.916. The van der Waals surface area contributed by atoms with E-state index in [2.05, 4.69) is 10.6 Å². The maximum Gasteiger partial charge on any atom is 0.243 e. The van der Waals surface area contributed by atoms with Gasteiger partial charge in [-0.15, -0.1) is 12.4 Å². The number of nitrogens with one attached hydrogen (secondary N) is 2. The summed E-state index contributed by atoms with van der Waals surface area (Å²) < 4.78 is 39.7. The van der Waals surface area contributed by atoms with Crippen LogP contribution in [0.4, 0.5) is 4.39 Å². The minimum Gasteiger partial charge on any atom is -0.355 e. The van der Waals surface area contributed by atoms with Crippen molar-refractivity contribution >= 4 is 39.9 Å². The van der Waals surface area contributed by atoms with Crippen LogP contribution in [0.1, 0.15) is 12.8 Å². The first-order valence-corrected chi connectivity index (χ1v) is 9.55. The highest BCUT2D eigenvalue weighted by molar-refractivity contribution is 7.89. The molecule has 0 atom stereocenters. The zero-order valence-corrected chi connectivity index (χ0v) is 16.2. The Morgan fingerprint density at radius 3 is 2.52 bits per heavy atom. The molecule has 25 heavy (non-hydrogen) atoms. The van der Waals surface area contributed by atoms with Gasteiger partial charge in [0.05, 0.1) is 9.92 Å². The summed E-state index contributed by atoms with van der Waals surface area (Å²) in [5, 5.41) is 5.54. The number of sulfonamides is 1. The molecule has 0 bridgehead atoms. The van der Waals surface area contributed by atoms with E-state index in [0.29, 0.717) is 25.9 Å². The lowest BCUT2D eigenvalue weighted by Crippen LogP contribution is -2.43. The number of amides is 1.